The molecule has 1 aromatic heterocycles. The Balaban J connectivity index is 1.73. The van der Waals surface area contributed by atoms with Crippen LogP contribution in [0.4, 0.5) is 0 Å². The molecule has 0 aliphatic carbocycles. The molecule has 1 aliphatic heterocycles. The Kier molecular flexibility index (Phi) is 5.40. The van der Waals surface area contributed by atoms with Crippen molar-refractivity contribution in [2.75, 3.05) is 33.3 Å². The van der Waals surface area contributed by atoms with Crippen LogP contribution < -0.4 is 4.74 Å². The van der Waals surface area contributed by atoms with Crippen LogP contribution in [0, 0.1) is 6.92 Å². The number of benzene rings is 1. The first-order valence-electron chi connectivity index (χ1n) is 7.96. The van der Waals surface area contributed by atoms with Crippen LogP contribution in [0.5, 0.6) is 5.75 Å². The largest absolute Gasteiger partial charge is 0.497 e. The molecule has 1 fully saturated rings. The van der Waals surface area contributed by atoms with E-state index in [-0.39, 0.29) is 31.1 Å². The van der Waals surface area contributed by atoms with Crippen molar-refractivity contribution in [1.29, 1.82) is 0 Å². The molecule has 7 nitrogen and oxygen atoms in total. The summed E-state index contributed by atoms with van der Waals surface area (Å²) in [5, 5.41) is 0. The number of nitrogens with zero attached hydrogens (tertiary/aromatic N) is 2. The molecule has 142 valence electrons. The number of piperazine rings is 1. The fraction of sp³-hybridized carbons (Fsp3) is 0.375. The van der Waals surface area contributed by atoms with E-state index in [9.17, 15) is 16.8 Å². The summed E-state index contributed by atoms with van der Waals surface area (Å²) >= 11 is 1.22. The minimum atomic E-state index is -3.66. The number of rotatable bonds is 5. The van der Waals surface area contributed by atoms with Gasteiger partial charge < -0.3 is 4.74 Å². The van der Waals surface area contributed by atoms with Gasteiger partial charge in [0.2, 0.25) is 10.0 Å². The maximum Gasteiger partial charge on any atom is 0.252 e. The van der Waals surface area contributed by atoms with Crippen LogP contribution in [0.2, 0.25) is 0 Å². The quantitative estimate of drug-likeness (QED) is 0.742. The van der Waals surface area contributed by atoms with Gasteiger partial charge in [0.15, 0.2) is 0 Å². The zero-order chi connectivity index (χ0) is 18.9. The SMILES string of the molecule is COc1ccc(S(=O)(=O)N2CCN(S(=O)(=O)c3ccc(C)s3)CC2)cc1. The van der Waals surface area contributed by atoms with Crippen LogP contribution in [-0.2, 0) is 20.0 Å². The number of sulfonamides is 2. The van der Waals surface area contributed by atoms with E-state index >= 15 is 0 Å². The predicted molar refractivity (Wildman–Crippen MR) is 99.6 cm³/mol. The maximum absolute atomic E-state index is 12.7. The summed E-state index contributed by atoms with van der Waals surface area (Å²) < 4.78 is 58.8. The van der Waals surface area contributed by atoms with Crippen molar-refractivity contribution in [2.45, 2.75) is 16.0 Å². The molecular weight excluding hydrogens is 396 g/mol. The Hall–Kier alpha value is -1.46. The molecule has 2 aromatic rings. The lowest BCUT2D eigenvalue weighted by Gasteiger charge is -2.33. The standard InChI is InChI=1S/C16H20N2O5S3/c1-13-3-8-16(24-13)26(21,22)18-11-9-17(10-12-18)25(19,20)15-6-4-14(23-2)5-7-15/h3-8H,9-12H2,1-2H3. The second-order valence-electron chi connectivity index (χ2n) is 5.85. The molecule has 0 unspecified atom stereocenters. The fourth-order valence-electron chi connectivity index (χ4n) is 2.73. The summed E-state index contributed by atoms with van der Waals surface area (Å²) in [5.41, 5.74) is 0. The summed E-state index contributed by atoms with van der Waals surface area (Å²) in [7, 11) is -5.72. The van der Waals surface area contributed by atoms with Gasteiger partial charge in [0.05, 0.1) is 12.0 Å². The monoisotopic (exact) mass is 416 g/mol. The highest BCUT2D eigenvalue weighted by molar-refractivity contribution is 7.91. The van der Waals surface area contributed by atoms with Crippen LogP contribution in [0.25, 0.3) is 0 Å². The van der Waals surface area contributed by atoms with Crippen LogP contribution in [0.3, 0.4) is 0 Å². The van der Waals surface area contributed by atoms with E-state index in [1.807, 2.05) is 6.92 Å². The summed E-state index contributed by atoms with van der Waals surface area (Å²) in [6, 6.07) is 9.52. The van der Waals surface area contributed by atoms with Crippen LogP contribution in [0.1, 0.15) is 4.88 Å². The average Bonchev–Trinajstić information content (AvgIpc) is 3.09. The van der Waals surface area contributed by atoms with Gasteiger partial charge in [-0.25, -0.2) is 16.8 Å². The topological polar surface area (TPSA) is 84.0 Å². The average molecular weight is 417 g/mol. The predicted octanol–water partition coefficient (Wildman–Crippen LogP) is 1.76. The lowest BCUT2D eigenvalue weighted by atomic mass is 10.3. The molecule has 10 heteroatoms. The van der Waals surface area contributed by atoms with Gasteiger partial charge in [-0.05, 0) is 43.3 Å². The second-order valence-corrected chi connectivity index (χ2v) is 11.2. The van der Waals surface area contributed by atoms with Crippen molar-refractivity contribution in [1.82, 2.24) is 8.61 Å². The zero-order valence-corrected chi connectivity index (χ0v) is 16.9. The highest BCUT2D eigenvalue weighted by Gasteiger charge is 2.34. The summed E-state index contributed by atoms with van der Waals surface area (Å²) in [6.45, 7) is 2.36. The molecule has 0 amide bonds. The van der Waals surface area contributed by atoms with Crippen LogP contribution >= 0.6 is 11.3 Å². The molecule has 26 heavy (non-hydrogen) atoms. The van der Waals surface area contributed by atoms with E-state index in [2.05, 4.69) is 0 Å². The maximum atomic E-state index is 12.7. The van der Waals surface area contributed by atoms with Gasteiger partial charge in [-0.3, -0.25) is 0 Å². The van der Waals surface area contributed by atoms with Crippen LogP contribution in [0.15, 0.2) is 45.5 Å². The molecule has 0 radical (unpaired) electrons. The molecule has 0 N–H and O–H groups in total. The van der Waals surface area contributed by atoms with Gasteiger partial charge in [0.1, 0.15) is 9.96 Å². The number of ether oxygens (including phenoxy) is 1. The summed E-state index contributed by atoms with van der Waals surface area (Å²) in [6.07, 6.45) is 0. The summed E-state index contributed by atoms with van der Waals surface area (Å²) in [4.78, 5) is 1.09. The smallest absolute Gasteiger partial charge is 0.252 e. The van der Waals surface area contributed by atoms with E-state index in [0.717, 1.165) is 4.88 Å². The number of hydrogen-bond acceptors (Lipinski definition) is 6. The van der Waals surface area contributed by atoms with E-state index in [1.54, 1.807) is 24.3 Å². The first-order valence-corrected chi connectivity index (χ1v) is 11.7. The van der Waals surface area contributed by atoms with Crippen molar-refractivity contribution in [2.24, 2.45) is 0 Å². The van der Waals surface area contributed by atoms with Gasteiger partial charge >= 0.3 is 0 Å². The Morgan fingerprint density at radius 3 is 1.85 bits per heavy atom. The molecule has 3 rings (SSSR count). The van der Waals surface area contributed by atoms with Crippen LogP contribution in [-0.4, -0.2) is 58.7 Å². The Morgan fingerprint density at radius 2 is 1.38 bits per heavy atom. The van der Waals surface area contributed by atoms with Crippen molar-refractivity contribution in [3.63, 3.8) is 0 Å². The lowest BCUT2D eigenvalue weighted by molar-refractivity contribution is 0.273. The first-order chi connectivity index (χ1) is 12.2. The van der Waals surface area contributed by atoms with E-state index in [1.165, 1.54) is 39.2 Å². The minimum absolute atomic E-state index is 0.123. The summed E-state index contributed by atoms with van der Waals surface area (Å²) in [5.74, 6) is 0.575. The Labute approximate surface area is 157 Å². The minimum Gasteiger partial charge on any atom is -0.497 e. The molecular formula is C16H20N2O5S3. The highest BCUT2D eigenvalue weighted by atomic mass is 32.2. The van der Waals surface area contributed by atoms with Gasteiger partial charge in [-0.1, -0.05) is 0 Å². The second kappa shape index (κ2) is 7.28. The van der Waals surface area contributed by atoms with Gasteiger partial charge in [0.25, 0.3) is 10.0 Å². The molecule has 1 aromatic carbocycles. The first kappa shape index (κ1) is 19.3. The Bertz CT molecular complexity index is 973. The van der Waals surface area contributed by atoms with Gasteiger partial charge in [-0.2, -0.15) is 8.61 Å². The van der Waals surface area contributed by atoms with E-state index in [0.29, 0.717) is 9.96 Å². The number of aryl methyl sites for hydroxylation is 1. The Morgan fingerprint density at radius 1 is 0.846 bits per heavy atom. The lowest BCUT2D eigenvalue weighted by Crippen LogP contribution is -2.50. The van der Waals surface area contributed by atoms with Gasteiger partial charge in [-0.15, -0.1) is 11.3 Å². The van der Waals surface area contributed by atoms with E-state index < -0.39 is 20.0 Å². The van der Waals surface area contributed by atoms with Crippen molar-refractivity contribution in [3.05, 3.63) is 41.3 Å². The van der Waals surface area contributed by atoms with Crippen molar-refractivity contribution in [3.8, 4) is 5.75 Å². The molecule has 1 saturated heterocycles. The van der Waals surface area contributed by atoms with Crippen molar-refractivity contribution < 1.29 is 21.6 Å². The molecule has 2 heterocycles. The molecule has 0 atom stereocenters. The third kappa shape index (κ3) is 3.65. The molecule has 0 saturated carbocycles. The highest BCUT2D eigenvalue weighted by Crippen LogP contribution is 2.26. The third-order valence-electron chi connectivity index (χ3n) is 4.20. The van der Waals surface area contributed by atoms with E-state index in [4.69, 9.17) is 4.74 Å². The van der Waals surface area contributed by atoms with Gasteiger partial charge in [0, 0.05) is 31.1 Å². The zero-order valence-electron chi connectivity index (χ0n) is 14.5. The number of thiophene rings is 1. The molecule has 1 aliphatic rings. The molecule has 0 spiro atoms. The van der Waals surface area contributed by atoms with Crippen molar-refractivity contribution >= 4 is 31.4 Å². The number of methoxy groups -OCH3 is 1. The third-order valence-corrected chi connectivity index (χ3v) is 9.48. The fourth-order valence-corrected chi connectivity index (χ4v) is 7.01. The molecule has 0 bridgehead atoms. The number of hydrogen-bond donors (Lipinski definition) is 0. The normalized spacial score (nSPS) is 17.3.